The molecule has 2 N–H and O–H groups in total. The van der Waals surface area contributed by atoms with E-state index in [1.807, 2.05) is 16.4 Å². The van der Waals surface area contributed by atoms with E-state index in [1.54, 1.807) is 0 Å². The summed E-state index contributed by atoms with van der Waals surface area (Å²) in [6.07, 6.45) is 1.05. The molecule has 0 saturated carbocycles. The fourth-order valence-electron chi connectivity index (χ4n) is 4.14. The zero-order chi connectivity index (χ0) is 19.6. The Morgan fingerprint density at radius 1 is 1.36 bits per heavy atom. The highest BCUT2D eigenvalue weighted by Crippen LogP contribution is 2.43. The lowest BCUT2D eigenvalue weighted by Gasteiger charge is -2.34. The van der Waals surface area contributed by atoms with Crippen molar-refractivity contribution >= 4 is 44.1 Å². The van der Waals surface area contributed by atoms with Gasteiger partial charge in [0, 0.05) is 25.9 Å². The van der Waals surface area contributed by atoms with Crippen molar-refractivity contribution in [3.05, 3.63) is 32.5 Å². The van der Waals surface area contributed by atoms with Gasteiger partial charge in [0.25, 0.3) is 5.56 Å². The van der Waals surface area contributed by atoms with E-state index in [9.17, 15) is 9.59 Å². The highest BCUT2D eigenvalue weighted by atomic mass is 32.1. The molecule has 2 aromatic heterocycles. The molecule has 4 heterocycles. The number of ether oxygens (including phenoxy) is 1. The fourth-order valence-corrected chi connectivity index (χ4v) is 5.09. The Kier molecular flexibility index (Phi) is 3.73. The number of halogens is 1. The highest BCUT2D eigenvalue weighted by molar-refractivity contribution is 7.12. The van der Waals surface area contributed by atoms with Crippen molar-refractivity contribution in [2.45, 2.75) is 25.8 Å². The first-order valence-electron chi connectivity index (χ1n) is 9.00. The number of hydrogen-bond donors (Lipinski definition) is 2. The van der Waals surface area contributed by atoms with Gasteiger partial charge in [-0.15, -0.1) is 0 Å². The minimum Gasteiger partial charge on any atom is -0.487 e. The molecule has 1 atom stereocenters. The molecule has 146 valence electrons. The molecular weight excluding hydrogens is 387 g/mol. The van der Waals surface area contributed by atoms with E-state index in [0.29, 0.717) is 60.0 Å². The molecule has 1 aromatic carbocycles. The van der Waals surface area contributed by atoms with Gasteiger partial charge in [0.05, 0.1) is 22.7 Å². The van der Waals surface area contributed by atoms with E-state index in [4.69, 9.17) is 9.94 Å². The third kappa shape index (κ3) is 2.24. The number of hydrogen-bond acceptors (Lipinski definition) is 7. The van der Waals surface area contributed by atoms with Crippen LogP contribution >= 0.6 is 11.5 Å². The summed E-state index contributed by atoms with van der Waals surface area (Å²) in [4.78, 5) is 27.5. The second-order valence-corrected chi connectivity index (χ2v) is 7.95. The fraction of sp³-hybridized carbons (Fsp3) is 0.389. The molecule has 0 radical (unpaired) electrons. The van der Waals surface area contributed by atoms with Crippen molar-refractivity contribution in [2.24, 2.45) is 5.16 Å². The molecule has 10 heteroatoms. The Morgan fingerprint density at radius 3 is 2.82 bits per heavy atom. The van der Waals surface area contributed by atoms with Gasteiger partial charge in [0.15, 0.2) is 11.6 Å². The second kappa shape index (κ2) is 6.06. The Labute approximate surface area is 161 Å². The molecule has 28 heavy (non-hydrogen) atoms. The summed E-state index contributed by atoms with van der Waals surface area (Å²) in [6, 6.07) is 1.10. The SMILES string of the molecule is CC1COc2c(N3CCC(=NO)CC3)c(F)cc3c(=O)c4c(=O)[nH]sc4n1c23. The van der Waals surface area contributed by atoms with Gasteiger partial charge in [-0.2, -0.15) is 0 Å². The number of anilines is 1. The van der Waals surface area contributed by atoms with Gasteiger partial charge < -0.3 is 19.4 Å². The van der Waals surface area contributed by atoms with E-state index in [2.05, 4.69) is 9.53 Å². The monoisotopic (exact) mass is 404 g/mol. The first-order chi connectivity index (χ1) is 13.5. The Balaban J connectivity index is 1.84. The normalized spacial score (nSPS) is 19.3. The minimum absolute atomic E-state index is 0.0612. The molecule has 1 fully saturated rings. The van der Waals surface area contributed by atoms with Crippen LogP contribution in [0.2, 0.25) is 0 Å². The average Bonchev–Trinajstić information content (AvgIpc) is 3.08. The molecule has 2 aliphatic heterocycles. The van der Waals surface area contributed by atoms with Gasteiger partial charge in [-0.25, -0.2) is 4.39 Å². The minimum atomic E-state index is -0.559. The van der Waals surface area contributed by atoms with Crippen LogP contribution in [-0.4, -0.2) is 39.6 Å². The van der Waals surface area contributed by atoms with Crippen molar-refractivity contribution in [2.75, 3.05) is 24.6 Å². The lowest BCUT2D eigenvalue weighted by Crippen LogP contribution is -2.35. The van der Waals surface area contributed by atoms with Crippen molar-refractivity contribution in [3.8, 4) is 5.75 Å². The number of aromatic nitrogens is 2. The number of nitrogens with zero attached hydrogens (tertiary/aromatic N) is 3. The molecule has 0 aliphatic carbocycles. The van der Waals surface area contributed by atoms with Gasteiger partial charge in [-0.3, -0.25) is 14.0 Å². The van der Waals surface area contributed by atoms with Crippen LogP contribution < -0.4 is 20.6 Å². The largest absolute Gasteiger partial charge is 0.487 e. The molecule has 0 spiro atoms. The first-order valence-corrected chi connectivity index (χ1v) is 9.82. The summed E-state index contributed by atoms with van der Waals surface area (Å²) >= 11 is 1.11. The van der Waals surface area contributed by atoms with Crippen LogP contribution in [0.25, 0.3) is 21.1 Å². The van der Waals surface area contributed by atoms with Crippen molar-refractivity contribution in [1.82, 2.24) is 8.94 Å². The van der Waals surface area contributed by atoms with Crippen LogP contribution in [0.3, 0.4) is 0 Å². The second-order valence-electron chi connectivity index (χ2n) is 7.16. The standard InChI is InChI=1S/C18H17FN4O4S/c1-8-7-27-16-13-10(15(24)12-17(25)21-28-18(12)23(8)13)6-11(19)14(16)22-4-2-9(20-26)3-5-22/h6,8,26H,2-5,7H2,1H3,(H,21,25). The van der Waals surface area contributed by atoms with Crippen LogP contribution in [0, 0.1) is 5.82 Å². The average molecular weight is 404 g/mol. The topological polar surface area (TPSA) is 99.9 Å². The number of piperidine rings is 1. The number of nitrogens with one attached hydrogen (secondary N) is 1. The summed E-state index contributed by atoms with van der Waals surface area (Å²) < 4.78 is 25.6. The third-order valence-corrected chi connectivity index (χ3v) is 6.38. The molecule has 1 saturated heterocycles. The number of rotatable bonds is 1. The zero-order valence-corrected chi connectivity index (χ0v) is 15.8. The van der Waals surface area contributed by atoms with Gasteiger partial charge in [0.2, 0.25) is 5.43 Å². The number of aromatic amines is 1. The molecule has 5 rings (SSSR count). The summed E-state index contributed by atoms with van der Waals surface area (Å²) in [6.45, 7) is 3.21. The predicted molar refractivity (Wildman–Crippen MR) is 105 cm³/mol. The van der Waals surface area contributed by atoms with Gasteiger partial charge in [-0.05, 0) is 24.5 Å². The molecule has 2 aliphatic rings. The molecule has 0 amide bonds. The Morgan fingerprint density at radius 2 is 2.11 bits per heavy atom. The van der Waals surface area contributed by atoms with Crippen molar-refractivity contribution < 1.29 is 14.3 Å². The van der Waals surface area contributed by atoms with Gasteiger partial charge in [0.1, 0.15) is 22.5 Å². The first kappa shape index (κ1) is 17.2. The number of benzene rings is 1. The van der Waals surface area contributed by atoms with E-state index in [0.717, 1.165) is 11.5 Å². The molecule has 8 nitrogen and oxygen atoms in total. The molecule has 0 bridgehead atoms. The van der Waals surface area contributed by atoms with Crippen LogP contribution in [0.5, 0.6) is 5.75 Å². The highest BCUT2D eigenvalue weighted by Gasteiger charge is 2.32. The summed E-state index contributed by atoms with van der Waals surface area (Å²) in [5.74, 6) is -0.228. The van der Waals surface area contributed by atoms with Crippen LogP contribution in [0.4, 0.5) is 10.1 Å². The Bertz CT molecular complexity index is 1260. The lowest BCUT2D eigenvalue weighted by atomic mass is 10.0. The van der Waals surface area contributed by atoms with E-state index in [1.165, 1.54) is 6.07 Å². The smallest absolute Gasteiger partial charge is 0.271 e. The summed E-state index contributed by atoms with van der Waals surface area (Å²) in [5, 5.41) is 12.4. The maximum Gasteiger partial charge on any atom is 0.271 e. The maximum absolute atomic E-state index is 15.2. The van der Waals surface area contributed by atoms with Crippen LogP contribution in [-0.2, 0) is 0 Å². The number of H-pyrrole nitrogens is 1. The maximum atomic E-state index is 15.2. The van der Waals surface area contributed by atoms with Crippen molar-refractivity contribution in [3.63, 3.8) is 0 Å². The van der Waals surface area contributed by atoms with Crippen LogP contribution in [0.1, 0.15) is 25.8 Å². The molecule has 3 aromatic rings. The summed E-state index contributed by atoms with van der Waals surface area (Å²) in [7, 11) is 0. The van der Waals surface area contributed by atoms with Gasteiger partial charge >= 0.3 is 0 Å². The molecule has 1 unspecified atom stereocenters. The lowest BCUT2D eigenvalue weighted by molar-refractivity contribution is 0.250. The number of pyridine rings is 1. The van der Waals surface area contributed by atoms with E-state index < -0.39 is 16.8 Å². The predicted octanol–water partition coefficient (Wildman–Crippen LogP) is 2.43. The quantitative estimate of drug-likeness (QED) is 0.479. The van der Waals surface area contributed by atoms with Gasteiger partial charge in [-0.1, -0.05) is 5.16 Å². The van der Waals surface area contributed by atoms with E-state index >= 15 is 4.39 Å². The third-order valence-electron chi connectivity index (χ3n) is 5.50. The van der Waals surface area contributed by atoms with E-state index in [-0.39, 0.29) is 16.8 Å². The summed E-state index contributed by atoms with van der Waals surface area (Å²) in [5.41, 5.74) is 0.571. The number of oxime groups is 1. The van der Waals surface area contributed by atoms with Crippen LogP contribution in [0.15, 0.2) is 20.8 Å². The molecular formula is C18H17FN4O4S. The van der Waals surface area contributed by atoms with Crippen molar-refractivity contribution in [1.29, 1.82) is 0 Å². The zero-order valence-electron chi connectivity index (χ0n) is 15.0. The Hall–Kier alpha value is -2.88. The number of fused-ring (bicyclic) bond motifs is 2.